The number of carbonyl (C=O) groups is 1. The van der Waals surface area contributed by atoms with Crippen LogP contribution in [0.4, 0.5) is 19.0 Å². The van der Waals surface area contributed by atoms with Crippen molar-refractivity contribution in [2.24, 2.45) is 0 Å². The van der Waals surface area contributed by atoms with Crippen molar-refractivity contribution in [2.45, 2.75) is 30.3 Å². The van der Waals surface area contributed by atoms with E-state index in [0.29, 0.717) is 0 Å². The molecular formula is C13H13F3N4OS. The molecule has 0 aliphatic rings. The third-order valence-electron chi connectivity index (χ3n) is 2.69. The molecule has 2 N–H and O–H groups in total. The lowest BCUT2D eigenvalue weighted by Gasteiger charge is -2.09. The van der Waals surface area contributed by atoms with Crippen LogP contribution in [0.1, 0.15) is 35.8 Å². The third-order valence-corrected chi connectivity index (χ3v) is 3.44. The number of hydrogen-bond acceptors (Lipinski definition) is 4. The van der Waals surface area contributed by atoms with Crippen molar-refractivity contribution >= 4 is 23.5 Å². The standard InChI is InChI=1S/C13H13F3N4OS/c1-7(2)9-6-10(20-19-9)18-11(21)8-4-3-5-17-12(8)22-13(14,15)16/h3-7H,1-2H3,(H2,18,19,20,21). The first-order valence-electron chi connectivity index (χ1n) is 6.33. The highest BCUT2D eigenvalue weighted by Gasteiger charge is 2.32. The van der Waals surface area contributed by atoms with E-state index in [0.717, 1.165) is 5.69 Å². The summed E-state index contributed by atoms with van der Waals surface area (Å²) in [6, 6.07) is 4.32. The van der Waals surface area contributed by atoms with Gasteiger partial charge in [-0.15, -0.1) is 0 Å². The molecule has 0 saturated carbocycles. The summed E-state index contributed by atoms with van der Waals surface area (Å²) in [6.07, 6.45) is 1.20. The minimum absolute atomic E-state index is 0.154. The Labute approximate surface area is 128 Å². The fraction of sp³-hybridized carbons (Fsp3) is 0.308. The topological polar surface area (TPSA) is 70.7 Å². The minimum atomic E-state index is -4.51. The van der Waals surface area contributed by atoms with Crippen molar-refractivity contribution in [1.29, 1.82) is 0 Å². The maximum absolute atomic E-state index is 12.5. The fourth-order valence-corrected chi connectivity index (χ4v) is 2.24. The molecule has 0 bridgehead atoms. The van der Waals surface area contributed by atoms with Gasteiger partial charge >= 0.3 is 5.51 Å². The van der Waals surface area contributed by atoms with E-state index in [1.807, 2.05) is 13.8 Å². The van der Waals surface area contributed by atoms with E-state index < -0.39 is 28.2 Å². The van der Waals surface area contributed by atoms with Gasteiger partial charge in [0.25, 0.3) is 5.91 Å². The molecule has 0 fully saturated rings. The van der Waals surface area contributed by atoms with Crippen molar-refractivity contribution in [3.05, 3.63) is 35.7 Å². The molecule has 9 heteroatoms. The number of anilines is 1. The molecule has 118 valence electrons. The molecule has 0 unspecified atom stereocenters. The van der Waals surface area contributed by atoms with Crippen LogP contribution in [0.15, 0.2) is 29.4 Å². The first kappa shape index (κ1) is 16.3. The number of nitrogens with zero attached hydrogens (tertiary/aromatic N) is 2. The van der Waals surface area contributed by atoms with Crippen LogP contribution in [0.25, 0.3) is 0 Å². The normalized spacial score (nSPS) is 11.7. The summed E-state index contributed by atoms with van der Waals surface area (Å²) < 4.78 is 37.4. The minimum Gasteiger partial charge on any atom is -0.305 e. The summed E-state index contributed by atoms with van der Waals surface area (Å²) in [5.74, 6) is -0.255. The Morgan fingerprint density at radius 2 is 2.14 bits per heavy atom. The number of aromatic nitrogens is 3. The predicted octanol–water partition coefficient (Wildman–Crippen LogP) is 3.79. The van der Waals surface area contributed by atoms with E-state index in [-0.39, 0.29) is 17.3 Å². The van der Waals surface area contributed by atoms with Crippen molar-refractivity contribution in [1.82, 2.24) is 15.2 Å². The van der Waals surface area contributed by atoms with E-state index in [2.05, 4.69) is 20.5 Å². The molecule has 0 saturated heterocycles. The van der Waals surface area contributed by atoms with Crippen LogP contribution in [-0.4, -0.2) is 26.6 Å². The number of alkyl halides is 3. The molecule has 22 heavy (non-hydrogen) atoms. The number of rotatable bonds is 4. The van der Waals surface area contributed by atoms with Gasteiger partial charge in [0.05, 0.1) is 5.56 Å². The Hall–Kier alpha value is -2.03. The van der Waals surface area contributed by atoms with Crippen molar-refractivity contribution in [3.63, 3.8) is 0 Å². The summed E-state index contributed by atoms with van der Waals surface area (Å²) >= 11 is -0.424. The first-order chi connectivity index (χ1) is 10.3. The van der Waals surface area contributed by atoms with Gasteiger partial charge in [-0.2, -0.15) is 18.3 Å². The summed E-state index contributed by atoms with van der Waals surface area (Å²) in [5.41, 5.74) is -3.86. The molecule has 5 nitrogen and oxygen atoms in total. The van der Waals surface area contributed by atoms with Gasteiger partial charge in [0.2, 0.25) is 0 Å². The molecular weight excluding hydrogens is 317 g/mol. The second-order valence-electron chi connectivity index (χ2n) is 4.72. The van der Waals surface area contributed by atoms with E-state index in [1.54, 1.807) is 6.07 Å². The molecule has 2 heterocycles. The lowest BCUT2D eigenvalue weighted by Crippen LogP contribution is -2.15. The first-order valence-corrected chi connectivity index (χ1v) is 7.15. The Kier molecular flexibility index (Phi) is 4.74. The molecule has 0 aromatic carbocycles. The number of nitrogens with one attached hydrogen (secondary N) is 2. The van der Waals surface area contributed by atoms with Crippen molar-refractivity contribution in [2.75, 3.05) is 5.32 Å². The van der Waals surface area contributed by atoms with E-state index in [1.165, 1.54) is 18.3 Å². The maximum Gasteiger partial charge on any atom is 0.447 e. The average Bonchev–Trinajstić information content (AvgIpc) is 2.86. The summed E-state index contributed by atoms with van der Waals surface area (Å²) in [6.45, 7) is 3.89. The fourth-order valence-electron chi connectivity index (χ4n) is 1.63. The number of pyridine rings is 1. The highest BCUT2D eigenvalue weighted by atomic mass is 32.2. The Morgan fingerprint density at radius 3 is 2.73 bits per heavy atom. The van der Waals surface area contributed by atoms with Crippen molar-refractivity contribution in [3.8, 4) is 0 Å². The SMILES string of the molecule is CC(C)c1cc(NC(=O)c2cccnc2SC(F)(F)F)n[nH]1. The quantitative estimate of drug-likeness (QED) is 0.837. The summed E-state index contributed by atoms with van der Waals surface area (Å²) in [7, 11) is 0. The second kappa shape index (κ2) is 6.39. The number of H-pyrrole nitrogens is 1. The van der Waals surface area contributed by atoms with Crippen LogP contribution in [0, 0.1) is 0 Å². The Bertz CT molecular complexity index is 669. The molecule has 2 aromatic rings. The van der Waals surface area contributed by atoms with Crippen LogP contribution in [0.5, 0.6) is 0 Å². The van der Waals surface area contributed by atoms with E-state index >= 15 is 0 Å². The molecule has 0 spiro atoms. The number of halogens is 3. The molecule has 0 radical (unpaired) electrons. The predicted molar refractivity (Wildman–Crippen MR) is 76.8 cm³/mol. The monoisotopic (exact) mass is 330 g/mol. The number of thioether (sulfide) groups is 1. The lowest BCUT2D eigenvalue weighted by atomic mass is 10.1. The molecule has 0 aliphatic carbocycles. The number of hydrogen-bond donors (Lipinski definition) is 2. The van der Waals surface area contributed by atoms with Gasteiger partial charge in [-0.05, 0) is 18.1 Å². The molecule has 0 atom stereocenters. The van der Waals surface area contributed by atoms with Gasteiger partial charge in [0.1, 0.15) is 5.03 Å². The Morgan fingerprint density at radius 1 is 1.41 bits per heavy atom. The van der Waals surface area contributed by atoms with Gasteiger partial charge < -0.3 is 5.32 Å². The van der Waals surface area contributed by atoms with Gasteiger partial charge in [-0.25, -0.2) is 4.98 Å². The van der Waals surface area contributed by atoms with Crippen LogP contribution >= 0.6 is 11.8 Å². The molecule has 0 aliphatic heterocycles. The maximum atomic E-state index is 12.5. The third kappa shape index (κ3) is 4.23. The number of aromatic amines is 1. The largest absolute Gasteiger partial charge is 0.447 e. The number of amides is 1. The molecule has 1 amide bonds. The van der Waals surface area contributed by atoms with Crippen molar-refractivity contribution < 1.29 is 18.0 Å². The average molecular weight is 330 g/mol. The van der Waals surface area contributed by atoms with Crippen LogP contribution < -0.4 is 5.32 Å². The Balaban J connectivity index is 2.18. The second-order valence-corrected chi connectivity index (χ2v) is 5.78. The molecule has 2 rings (SSSR count). The molecule has 2 aromatic heterocycles. The van der Waals surface area contributed by atoms with Gasteiger partial charge in [0, 0.05) is 29.7 Å². The zero-order valence-electron chi connectivity index (χ0n) is 11.7. The van der Waals surface area contributed by atoms with Gasteiger partial charge in [-0.3, -0.25) is 9.89 Å². The summed E-state index contributed by atoms with van der Waals surface area (Å²) in [5, 5.41) is 8.71. The van der Waals surface area contributed by atoms with Crippen LogP contribution in [-0.2, 0) is 0 Å². The highest BCUT2D eigenvalue weighted by molar-refractivity contribution is 8.00. The summed E-state index contributed by atoms with van der Waals surface area (Å²) in [4.78, 5) is 15.7. The zero-order chi connectivity index (χ0) is 16.3. The smallest absolute Gasteiger partial charge is 0.305 e. The van der Waals surface area contributed by atoms with Gasteiger partial charge in [0.15, 0.2) is 5.82 Å². The van der Waals surface area contributed by atoms with Gasteiger partial charge in [-0.1, -0.05) is 13.8 Å². The highest BCUT2D eigenvalue weighted by Crippen LogP contribution is 2.37. The van der Waals surface area contributed by atoms with Crippen LogP contribution in [0.2, 0.25) is 0 Å². The zero-order valence-corrected chi connectivity index (χ0v) is 12.5. The van der Waals surface area contributed by atoms with Crippen LogP contribution in [0.3, 0.4) is 0 Å². The number of carbonyl (C=O) groups excluding carboxylic acids is 1. The van der Waals surface area contributed by atoms with E-state index in [4.69, 9.17) is 0 Å². The van der Waals surface area contributed by atoms with E-state index in [9.17, 15) is 18.0 Å². The lowest BCUT2D eigenvalue weighted by molar-refractivity contribution is -0.0329.